The van der Waals surface area contributed by atoms with E-state index in [1.807, 2.05) is 24.3 Å². The quantitative estimate of drug-likeness (QED) is 0.540. The molecule has 3 rings (SSSR count). The van der Waals surface area contributed by atoms with Gasteiger partial charge >= 0.3 is 11.8 Å². The number of hydrogen-bond acceptors (Lipinski definition) is 4. The zero-order chi connectivity index (χ0) is 20.6. The lowest BCUT2D eigenvalue weighted by Crippen LogP contribution is -2.47. The number of anilines is 2. The Balaban J connectivity index is 1.32. The van der Waals surface area contributed by atoms with Crippen molar-refractivity contribution < 1.29 is 9.59 Å². The van der Waals surface area contributed by atoms with Crippen LogP contribution in [0.5, 0.6) is 0 Å². The third kappa shape index (κ3) is 6.35. The molecular formula is C21H24Cl2N4O2. The van der Waals surface area contributed by atoms with Crippen LogP contribution >= 0.6 is 23.2 Å². The fraction of sp³-hybridized carbons (Fsp3) is 0.333. The number of amides is 2. The minimum absolute atomic E-state index is 0.395. The molecule has 1 saturated heterocycles. The first kappa shape index (κ1) is 21.4. The normalized spacial score (nSPS) is 14.5. The van der Waals surface area contributed by atoms with E-state index in [0.717, 1.165) is 44.2 Å². The molecule has 1 fully saturated rings. The van der Waals surface area contributed by atoms with Gasteiger partial charge in [0.2, 0.25) is 0 Å². The molecular weight excluding hydrogens is 411 g/mol. The van der Waals surface area contributed by atoms with Gasteiger partial charge in [-0.05, 0) is 49.4 Å². The number of nitrogens with one attached hydrogen (secondary N) is 2. The maximum absolute atomic E-state index is 11.9. The summed E-state index contributed by atoms with van der Waals surface area (Å²) in [6.07, 6.45) is 0.784. The number of para-hydroxylation sites is 1. The van der Waals surface area contributed by atoms with Crippen molar-refractivity contribution in [3.05, 3.63) is 58.6 Å². The van der Waals surface area contributed by atoms with Crippen LogP contribution in [0, 0.1) is 0 Å². The van der Waals surface area contributed by atoms with E-state index in [0.29, 0.717) is 17.3 Å². The molecule has 1 aliphatic heterocycles. The molecule has 2 aromatic rings. The van der Waals surface area contributed by atoms with Crippen LogP contribution < -0.4 is 15.5 Å². The molecule has 154 valence electrons. The molecule has 1 aliphatic rings. The predicted octanol–water partition coefficient (Wildman–Crippen LogP) is 3.26. The summed E-state index contributed by atoms with van der Waals surface area (Å²) in [5, 5.41) is 6.32. The molecule has 29 heavy (non-hydrogen) atoms. The van der Waals surface area contributed by atoms with Gasteiger partial charge in [-0.1, -0.05) is 35.3 Å². The third-order valence-electron chi connectivity index (χ3n) is 4.83. The molecule has 0 spiro atoms. The molecule has 0 aliphatic carbocycles. The summed E-state index contributed by atoms with van der Waals surface area (Å²) in [6, 6.07) is 14.7. The van der Waals surface area contributed by atoms with E-state index in [-0.39, 0.29) is 0 Å². The van der Waals surface area contributed by atoms with E-state index in [4.69, 9.17) is 23.2 Å². The first-order chi connectivity index (χ1) is 14.0. The first-order valence-corrected chi connectivity index (χ1v) is 10.3. The van der Waals surface area contributed by atoms with E-state index in [1.165, 1.54) is 5.69 Å². The van der Waals surface area contributed by atoms with Crippen molar-refractivity contribution in [2.24, 2.45) is 0 Å². The Labute approximate surface area is 180 Å². The molecule has 2 amide bonds. The Morgan fingerprint density at radius 2 is 1.59 bits per heavy atom. The zero-order valence-corrected chi connectivity index (χ0v) is 17.5. The lowest BCUT2D eigenvalue weighted by atomic mass is 10.2. The minimum atomic E-state index is -0.713. The van der Waals surface area contributed by atoms with Gasteiger partial charge in [0.15, 0.2) is 0 Å². The molecule has 1 heterocycles. The van der Waals surface area contributed by atoms with Crippen molar-refractivity contribution in [3.8, 4) is 0 Å². The van der Waals surface area contributed by atoms with Gasteiger partial charge in [-0.15, -0.1) is 0 Å². The van der Waals surface area contributed by atoms with Crippen LogP contribution in [-0.4, -0.2) is 56.0 Å². The van der Waals surface area contributed by atoms with Crippen molar-refractivity contribution in [2.75, 3.05) is 49.5 Å². The van der Waals surface area contributed by atoms with Crippen LogP contribution in [0.2, 0.25) is 10.0 Å². The summed E-state index contributed by atoms with van der Waals surface area (Å²) in [5.74, 6) is -1.37. The Kier molecular flexibility index (Phi) is 7.75. The molecule has 2 N–H and O–H groups in total. The monoisotopic (exact) mass is 434 g/mol. The molecule has 0 aromatic heterocycles. The molecule has 0 radical (unpaired) electrons. The number of carbonyl (C=O) groups excluding carboxylic acids is 2. The highest BCUT2D eigenvalue weighted by molar-refractivity contribution is 6.41. The van der Waals surface area contributed by atoms with E-state index in [2.05, 4.69) is 20.4 Å². The highest BCUT2D eigenvalue weighted by atomic mass is 35.5. The highest BCUT2D eigenvalue weighted by Gasteiger charge is 2.18. The molecule has 0 atom stereocenters. The Bertz CT molecular complexity index is 837. The summed E-state index contributed by atoms with van der Waals surface area (Å²) in [4.78, 5) is 28.6. The van der Waals surface area contributed by atoms with Crippen LogP contribution in [-0.2, 0) is 9.59 Å². The number of carbonyl (C=O) groups is 2. The largest absolute Gasteiger partial charge is 0.369 e. The first-order valence-electron chi connectivity index (χ1n) is 9.59. The maximum atomic E-state index is 11.9. The standard InChI is InChI=1S/C21H24Cl2N4O2/c22-16-6-8-17(9-7-16)27-14-12-26(13-15-27)11-3-10-24-20(28)21(29)25-19-5-2-1-4-18(19)23/h1-2,4-9H,3,10-15H2,(H,24,28)(H,25,29). The Morgan fingerprint density at radius 1 is 0.897 bits per heavy atom. The van der Waals surface area contributed by atoms with E-state index < -0.39 is 11.8 Å². The lowest BCUT2D eigenvalue weighted by Gasteiger charge is -2.36. The minimum Gasteiger partial charge on any atom is -0.369 e. The summed E-state index contributed by atoms with van der Waals surface area (Å²) in [5.41, 5.74) is 1.61. The van der Waals surface area contributed by atoms with Crippen molar-refractivity contribution in [3.63, 3.8) is 0 Å². The number of benzene rings is 2. The summed E-state index contributed by atoms with van der Waals surface area (Å²) in [6.45, 7) is 5.16. The molecule has 8 heteroatoms. The zero-order valence-electron chi connectivity index (χ0n) is 16.0. The SMILES string of the molecule is O=C(NCCCN1CCN(c2ccc(Cl)cc2)CC1)C(=O)Nc1ccccc1Cl. The topological polar surface area (TPSA) is 64.7 Å². The van der Waals surface area contributed by atoms with Gasteiger partial charge in [-0.2, -0.15) is 0 Å². The van der Waals surface area contributed by atoms with Crippen molar-refractivity contribution in [2.45, 2.75) is 6.42 Å². The summed E-state index contributed by atoms with van der Waals surface area (Å²) < 4.78 is 0. The summed E-state index contributed by atoms with van der Waals surface area (Å²) >= 11 is 11.9. The highest BCUT2D eigenvalue weighted by Crippen LogP contribution is 2.20. The van der Waals surface area contributed by atoms with Gasteiger partial charge in [-0.3, -0.25) is 14.5 Å². The van der Waals surface area contributed by atoms with Crippen LogP contribution in [0.3, 0.4) is 0 Å². The van der Waals surface area contributed by atoms with Crippen LogP contribution in [0.15, 0.2) is 48.5 Å². The van der Waals surface area contributed by atoms with Crippen LogP contribution in [0.25, 0.3) is 0 Å². The maximum Gasteiger partial charge on any atom is 0.313 e. The van der Waals surface area contributed by atoms with Crippen molar-refractivity contribution >= 4 is 46.4 Å². The fourth-order valence-corrected chi connectivity index (χ4v) is 3.52. The van der Waals surface area contributed by atoms with E-state index in [1.54, 1.807) is 24.3 Å². The Morgan fingerprint density at radius 3 is 2.28 bits per heavy atom. The summed E-state index contributed by atoms with van der Waals surface area (Å²) in [7, 11) is 0. The van der Waals surface area contributed by atoms with Crippen LogP contribution in [0.4, 0.5) is 11.4 Å². The average molecular weight is 435 g/mol. The second-order valence-corrected chi connectivity index (χ2v) is 7.69. The lowest BCUT2D eigenvalue weighted by molar-refractivity contribution is -0.136. The van der Waals surface area contributed by atoms with E-state index in [9.17, 15) is 9.59 Å². The van der Waals surface area contributed by atoms with Gasteiger partial charge in [0, 0.05) is 43.4 Å². The predicted molar refractivity (Wildman–Crippen MR) is 118 cm³/mol. The van der Waals surface area contributed by atoms with Gasteiger partial charge < -0.3 is 15.5 Å². The van der Waals surface area contributed by atoms with Crippen LogP contribution in [0.1, 0.15) is 6.42 Å². The van der Waals surface area contributed by atoms with Crippen molar-refractivity contribution in [1.82, 2.24) is 10.2 Å². The molecule has 0 unspecified atom stereocenters. The Hall–Kier alpha value is -2.28. The number of hydrogen-bond donors (Lipinski definition) is 2. The van der Waals surface area contributed by atoms with E-state index >= 15 is 0 Å². The number of rotatable bonds is 6. The number of nitrogens with zero attached hydrogens (tertiary/aromatic N) is 2. The van der Waals surface area contributed by atoms with Crippen molar-refractivity contribution in [1.29, 1.82) is 0 Å². The van der Waals surface area contributed by atoms with Gasteiger partial charge in [0.25, 0.3) is 0 Å². The molecule has 0 bridgehead atoms. The smallest absolute Gasteiger partial charge is 0.313 e. The molecule has 2 aromatic carbocycles. The van der Waals surface area contributed by atoms with Gasteiger partial charge in [0.05, 0.1) is 10.7 Å². The second-order valence-electron chi connectivity index (χ2n) is 6.85. The number of piperazine rings is 1. The molecule has 0 saturated carbocycles. The van der Waals surface area contributed by atoms with Gasteiger partial charge in [0.1, 0.15) is 0 Å². The van der Waals surface area contributed by atoms with Gasteiger partial charge in [-0.25, -0.2) is 0 Å². The third-order valence-corrected chi connectivity index (χ3v) is 5.41. The number of halogens is 2. The molecule has 6 nitrogen and oxygen atoms in total. The average Bonchev–Trinajstić information content (AvgIpc) is 2.74. The fourth-order valence-electron chi connectivity index (χ4n) is 3.21. The second kappa shape index (κ2) is 10.5.